The van der Waals surface area contributed by atoms with E-state index in [1.165, 1.54) is 91.0 Å². The molecular weight excluding hydrogens is 1220 g/mol. The van der Waals surface area contributed by atoms with Crippen molar-refractivity contribution in [3.63, 3.8) is 0 Å². The molecule has 0 unspecified atom stereocenters. The van der Waals surface area contributed by atoms with Crippen LogP contribution in [0, 0.1) is 47.4 Å². The second-order valence-electron chi connectivity index (χ2n) is 27.0. The van der Waals surface area contributed by atoms with Crippen molar-refractivity contribution in [2.75, 3.05) is 0 Å². The zero-order valence-electron chi connectivity index (χ0n) is 62.5. The fourth-order valence-electron chi connectivity index (χ4n) is 10.8. The average molecular weight is 1340 g/mol. The number of alkyl halides is 5. The molecule has 9 rings (SSSR count). The van der Waals surface area contributed by atoms with E-state index in [0.29, 0.717) is 46.1 Å². The Hall–Kier alpha value is -7.22. The second kappa shape index (κ2) is 45.3. The van der Waals surface area contributed by atoms with Crippen molar-refractivity contribution in [2.24, 2.45) is 0 Å². The van der Waals surface area contributed by atoms with Gasteiger partial charge >= 0.3 is 6.18 Å². The maximum atomic E-state index is 13.0. The summed E-state index contributed by atoms with van der Waals surface area (Å²) in [5.41, 5.74) is 18.1. The van der Waals surface area contributed by atoms with Crippen LogP contribution in [0.5, 0.6) is 0 Å². The molecule has 0 bridgehead atoms. The van der Waals surface area contributed by atoms with Crippen molar-refractivity contribution < 1.29 is 26.3 Å². The van der Waals surface area contributed by atoms with Gasteiger partial charge in [-0.3, -0.25) is 4.98 Å². The van der Waals surface area contributed by atoms with E-state index in [-0.39, 0.29) is 34.7 Å². The van der Waals surface area contributed by atoms with Gasteiger partial charge in [0.25, 0.3) is 6.43 Å². The van der Waals surface area contributed by atoms with Crippen LogP contribution >= 0.6 is 11.6 Å². The molecule has 8 heteroatoms. The van der Waals surface area contributed by atoms with Gasteiger partial charge in [-0.2, -0.15) is 13.2 Å². The lowest BCUT2D eigenvalue weighted by Crippen LogP contribution is -2.12. The summed E-state index contributed by atoms with van der Waals surface area (Å²) in [6.45, 7) is 50.8. The zero-order valence-corrected chi connectivity index (χ0v) is 63.3. The number of hydrogen-bond donors (Lipinski definition) is 0. The van der Waals surface area contributed by atoms with Gasteiger partial charge in [-0.25, -0.2) is 13.2 Å². The van der Waals surface area contributed by atoms with Crippen LogP contribution in [0.1, 0.15) is 279 Å². The molecular formula is C88H116ClF6N. The maximum Gasteiger partial charge on any atom is 0.433 e. The van der Waals surface area contributed by atoms with E-state index in [1.807, 2.05) is 27.7 Å². The second-order valence-corrected chi connectivity index (χ2v) is 27.4. The Morgan fingerprint density at radius 2 is 0.510 bits per heavy atom. The lowest BCUT2D eigenvalue weighted by Gasteiger charge is -2.13. The van der Waals surface area contributed by atoms with E-state index in [4.69, 9.17) is 11.6 Å². The van der Waals surface area contributed by atoms with E-state index in [1.54, 1.807) is 44.2 Å². The third-order valence-corrected chi connectivity index (χ3v) is 16.4. The summed E-state index contributed by atoms with van der Waals surface area (Å²) < 4.78 is 74.8. The van der Waals surface area contributed by atoms with Crippen molar-refractivity contribution >= 4 is 11.6 Å². The summed E-state index contributed by atoms with van der Waals surface area (Å²) in [6, 6.07) is 65.7. The highest BCUT2D eigenvalue weighted by atomic mass is 35.5. The molecule has 0 radical (unpaired) electrons. The first-order valence-corrected chi connectivity index (χ1v) is 34.5. The van der Waals surface area contributed by atoms with Gasteiger partial charge in [0.1, 0.15) is 11.5 Å². The SMILES string of the molecule is CC(C)c1c(F)cccc1Cl.CC(C)c1ccccc1C(F)F.CC(C)c1cccnc1C(F)(F)F.Cc1ccccc1C(C)C.Cc1ccccc1C(C)C.Cc1ccccc1C(C)C.Cc1ccccc1C(C)C.Cc1ccccc1C(C)C.Cc1ccccc1C(C)C. The van der Waals surface area contributed by atoms with Crippen molar-refractivity contribution in [3.8, 4) is 0 Å². The first-order valence-electron chi connectivity index (χ1n) is 34.1. The molecule has 0 atom stereocenters. The Morgan fingerprint density at radius 3 is 0.677 bits per heavy atom. The lowest BCUT2D eigenvalue weighted by molar-refractivity contribution is -0.142. The fraction of sp³-hybridized carbons (Fsp3) is 0.398. The van der Waals surface area contributed by atoms with Gasteiger partial charge in [0.2, 0.25) is 0 Å². The van der Waals surface area contributed by atoms with E-state index in [2.05, 4.69) is 275 Å². The molecule has 0 aliphatic heterocycles. The minimum Gasteiger partial charge on any atom is -0.252 e. The van der Waals surface area contributed by atoms with E-state index >= 15 is 0 Å². The minimum atomic E-state index is -4.35. The van der Waals surface area contributed by atoms with Crippen molar-refractivity contribution in [1.82, 2.24) is 4.98 Å². The van der Waals surface area contributed by atoms with Gasteiger partial charge in [0.15, 0.2) is 0 Å². The Labute approximate surface area is 583 Å². The molecule has 1 aromatic heterocycles. The molecule has 522 valence electrons. The maximum absolute atomic E-state index is 13.0. The Balaban J connectivity index is 0.000000541. The fourth-order valence-corrected chi connectivity index (χ4v) is 11.2. The van der Waals surface area contributed by atoms with Gasteiger partial charge in [-0.05, 0) is 191 Å². The van der Waals surface area contributed by atoms with Gasteiger partial charge in [0, 0.05) is 22.3 Å². The molecule has 96 heavy (non-hydrogen) atoms. The molecule has 9 aromatic rings. The number of halogens is 7. The number of aromatic nitrogens is 1. The Bertz CT molecular complexity index is 3140. The number of rotatable bonds is 10. The summed E-state index contributed by atoms with van der Waals surface area (Å²) in [5.74, 6) is 3.85. The van der Waals surface area contributed by atoms with Gasteiger partial charge in [-0.15, -0.1) is 0 Å². The van der Waals surface area contributed by atoms with Crippen molar-refractivity contribution in [1.29, 1.82) is 0 Å². The molecule has 0 fully saturated rings. The van der Waals surface area contributed by atoms with E-state index < -0.39 is 18.3 Å². The molecule has 0 saturated carbocycles. The van der Waals surface area contributed by atoms with Crippen LogP contribution in [-0.4, -0.2) is 4.98 Å². The molecule has 0 N–H and O–H groups in total. The highest BCUT2D eigenvalue weighted by Crippen LogP contribution is 2.34. The largest absolute Gasteiger partial charge is 0.433 e. The van der Waals surface area contributed by atoms with Crippen molar-refractivity contribution in [2.45, 2.75) is 232 Å². The Morgan fingerprint density at radius 1 is 0.281 bits per heavy atom. The third kappa shape index (κ3) is 32.2. The van der Waals surface area contributed by atoms with Crippen LogP contribution in [0.25, 0.3) is 0 Å². The van der Waals surface area contributed by atoms with Gasteiger partial charge < -0.3 is 0 Å². The summed E-state index contributed by atoms with van der Waals surface area (Å²) in [6.07, 6.45) is -5.54. The topological polar surface area (TPSA) is 12.9 Å². The molecule has 1 heterocycles. The van der Waals surface area contributed by atoms with Crippen LogP contribution in [0.15, 0.2) is 206 Å². The smallest absolute Gasteiger partial charge is 0.252 e. The molecule has 0 aliphatic carbocycles. The molecule has 0 aliphatic rings. The standard InChI is InChI=1S/C10H12F2.6C10H14.C9H10ClF.C9H10F3N/c1-7(2)8-5-3-4-6-9(8)10(11)12;6*1-8(2)10-7-5-4-6-9(10)3;1-6(2)9-7(10)4-3-5-8(9)11;1-6(2)7-4-3-5-13-8(7)9(10,11)12/h3-7,10H,1-2H3;6*4-8H,1-3H3;3-6H,1-2H3;3-6H,1-2H3. The van der Waals surface area contributed by atoms with Crippen LogP contribution in [0.2, 0.25) is 5.02 Å². The first-order chi connectivity index (χ1) is 45.0. The lowest BCUT2D eigenvalue weighted by atomic mass is 9.98. The van der Waals surface area contributed by atoms with Crippen LogP contribution < -0.4 is 0 Å². The Kier molecular flexibility index (Phi) is 41.0. The van der Waals surface area contributed by atoms with Gasteiger partial charge in [0.05, 0.1) is 0 Å². The summed E-state index contributed by atoms with van der Waals surface area (Å²) >= 11 is 5.78. The molecule has 0 amide bonds. The zero-order chi connectivity index (χ0) is 73.0. The molecule has 0 saturated heterocycles. The normalized spacial score (nSPS) is 10.8. The molecule has 0 spiro atoms. The van der Waals surface area contributed by atoms with E-state index in [0.717, 1.165) is 11.8 Å². The predicted octanol–water partition coefficient (Wildman–Crippen LogP) is 29.3. The quantitative estimate of drug-likeness (QED) is 0.124. The highest BCUT2D eigenvalue weighted by molar-refractivity contribution is 6.31. The molecule has 8 aromatic carbocycles. The number of aryl methyl sites for hydroxylation is 6. The van der Waals surface area contributed by atoms with Gasteiger partial charge in [-0.1, -0.05) is 318 Å². The number of hydrogen-bond acceptors (Lipinski definition) is 1. The average Bonchev–Trinajstić information content (AvgIpc) is 0.848. The van der Waals surface area contributed by atoms with E-state index in [9.17, 15) is 26.3 Å². The number of pyridine rings is 1. The van der Waals surface area contributed by atoms with Crippen LogP contribution in [0.3, 0.4) is 0 Å². The summed E-state index contributed by atoms with van der Waals surface area (Å²) in [7, 11) is 0. The first kappa shape index (κ1) is 86.8. The monoisotopic (exact) mass is 1340 g/mol. The highest BCUT2D eigenvalue weighted by Gasteiger charge is 2.35. The number of nitrogens with zero attached hydrogens (tertiary/aromatic N) is 1. The summed E-state index contributed by atoms with van der Waals surface area (Å²) in [4.78, 5) is 3.35. The third-order valence-electron chi connectivity index (χ3n) is 16.0. The van der Waals surface area contributed by atoms with Crippen LogP contribution in [-0.2, 0) is 6.18 Å². The van der Waals surface area contributed by atoms with Crippen LogP contribution in [0.4, 0.5) is 26.3 Å². The van der Waals surface area contributed by atoms with Crippen molar-refractivity contribution in [3.05, 3.63) is 312 Å². The number of benzene rings is 8. The molecule has 1 nitrogen and oxygen atoms in total. The summed E-state index contributed by atoms with van der Waals surface area (Å²) in [5, 5.41) is 0.514. The minimum absolute atomic E-state index is 0.142. The predicted molar refractivity (Wildman–Crippen MR) is 406 cm³/mol.